The van der Waals surface area contributed by atoms with E-state index in [-0.39, 0.29) is 0 Å². The number of carbonyl (C=O) groups is 1. The third kappa shape index (κ3) is 2.92. The Morgan fingerprint density at radius 3 is 1.88 bits per heavy atom. The number of hydrogen-bond acceptors (Lipinski definition) is 2. The van der Waals surface area contributed by atoms with Gasteiger partial charge in [0.1, 0.15) is 0 Å². The standard InChI is InChI=1S/C14H22GeO2/c1-5-15(6-2,7-3)14(16)12-8-10-13(17-4)11-9-12/h8-11H,5-7H2,1-4H3. The molecular weight excluding hydrogens is 273 g/mol. The molecule has 0 bridgehead atoms. The summed E-state index contributed by atoms with van der Waals surface area (Å²) in [5.74, 6) is 0.809. The van der Waals surface area contributed by atoms with Crippen molar-refractivity contribution in [3.05, 3.63) is 29.8 Å². The monoisotopic (exact) mass is 296 g/mol. The molecule has 3 heteroatoms. The molecule has 0 aromatic heterocycles. The van der Waals surface area contributed by atoms with Crippen LogP contribution in [-0.2, 0) is 0 Å². The second-order valence-corrected chi connectivity index (χ2v) is 15.2. The van der Waals surface area contributed by atoms with Gasteiger partial charge in [-0.25, -0.2) is 0 Å². The van der Waals surface area contributed by atoms with Crippen molar-refractivity contribution in [2.24, 2.45) is 0 Å². The van der Waals surface area contributed by atoms with Crippen LogP contribution in [0.15, 0.2) is 24.3 Å². The van der Waals surface area contributed by atoms with Gasteiger partial charge in [0.15, 0.2) is 0 Å². The Bertz CT molecular complexity index is 358. The Kier molecular flexibility index (Phi) is 5.25. The van der Waals surface area contributed by atoms with Crippen LogP contribution in [0.1, 0.15) is 31.1 Å². The minimum absolute atomic E-state index is 0.445. The van der Waals surface area contributed by atoms with E-state index in [4.69, 9.17) is 4.74 Å². The molecule has 0 aliphatic carbocycles. The number of ether oxygens (including phenoxy) is 1. The number of hydrogen-bond donors (Lipinski definition) is 0. The van der Waals surface area contributed by atoms with Gasteiger partial charge in [0.05, 0.1) is 0 Å². The van der Waals surface area contributed by atoms with E-state index in [9.17, 15) is 4.79 Å². The molecule has 17 heavy (non-hydrogen) atoms. The van der Waals surface area contributed by atoms with Gasteiger partial charge in [-0.05, 0) is 0 Å². The molecule has 0 N–H and O–H groups in total. The third-order valence-corrected chi connectivity index (χ3v) is 15.0. The molecule has 0 spiro atoms. The van der Waals surface area contributed by atoms with Gasteiger partial charge >= 0.3 is 107 Å². The predicted molar refractivity (Wildman–Crippen MR) is 74.5 cm³/mol. The van der Waals surface area contributed by atoms with Crippen LogP contribution in [0.2, 0.25) is 15.8 Å². The van der Waals surface area contributed by atoms with Gasteiger partial charge < -0.3 is 0 Å². The summed E-state index contributed by atoms with van der Waals surface area (Å²) in [5, 5.41) is 3.24. The fourth-order valence-electron chi connectivity index (χ4n) is 2.28. The number of carbonyl (C=O) groups excluding carboxylic acids is 1. The summed E-state index contributed by atoms with van der Waals surface area (Å²) < 4.78 is 5.56. The predicted octanol–water partition coefficient (Wildman–Crippen LogP) is 3.93. The summed E-state index contributed by atoms with van der Waals surface area (Å²) in [6.45, 7) is 6.53. The normalized spacial score (nSPS) is 11.3. The van der Waals surface area contributed by atoms with Crippen molar-refractivity contribution >= 4 is 17.9 Å². The van der Waals surface area contributed by atoms with Crippen molar-refractivity contribution in [2.75, 3.05) is 7.11 Å². The van der Waals surface area contributed by atoms with Gasteiger partial charge in [0.2, 0.25) is 0 Å². The molecule has 1 rings (SSSR count). The molecule has 0 heterocycles. The van der Waals surface area contributed by atoms with Gasteiger partial charge in [0.25, 0.3) is 0 Å². The summed E-state index contributed by atoms with van der Waals surface area (Å²) in [6.07, 6.45) is 0. The Hall–Kier alpha value is -0.767. The molecule has 0 aliphatic rings. The van der Waals surface area contributed by atoms with Crippen LogP contribution in [0.3, 0.4) is 0 Å². The molecular formula is C14H22GeO2. The number of rotatable bonds is 6. The van der Waals surface area contributed by atoms with Crippen molar-refractivity contribution in [3.63, 3.8) is 0 Å². The Balaban J connectivity index is 3.01. The molecule has 0 amide bonds. The Morgan fingerprint density at radius 1 is 1.06 bits per heavy atom. The van der Waals surface area contributed by atoms with Crippen molar-refractivity contribution in [2.45, 2.75) is 36.5 Å². The van der Waals surface area contributed by atoms with E-state index in [1.807, 2.05) is 24.3 Å². The quantitative estimate of drug-likeness (QED) is 0.743. The van der Waals surface area contributed by atoms with Gasteiger partial charge in [0, 0.05) is 0 Å². The van der Waals surface area contributed by atoms with E-state index in [2.05, 4.69) is 20.8 Å². The third-order valence-electron chi connectivity index (χ3n) is 3.86. The van der Waals surface area contributed by atoms with Crippen LogP contribution < -0.4 is 4.74 Å². The summed E-state index contributed by atoms with van der Waals surface area (Å²) >= 11 is -2.32. The van der Waals surface area contributed by atoms with E-state index in [0.29, 0.717) is 4.62 Å². The number of methoxy groups -OCH3 is 1. The van der Waals surface area contributed by atoms with Crippen LogP contribution >= 0.6 is 0 Å². The van der Waals surface area contributed by atoms with E-state index >= 15 is 0 Å². The van der Waals surface area contributed by atoms with Gasteiger partial charge in [-0.3, -0.25) is 0 Å². The van der Waals surface area contributed by atoms with Crippen LogP contribution in [0.5, 0.6) is 5.75 Å². The second kappa shape index (κ2) is 6.24. The van der Waals surface area contributed by atoms with E-state index in [0.717, 1.165) is 27.1 Å². The molecule has 0 atom stereocenters. The first-order valence-electron chi connectivity index (χ1n) is 6.32. The summed E-state index contributed by atoms with van der Waals surface area (Å²) in [7, 11) is 1.64. The Morgan fingerprint density at radius 2 is 1.53 bits per heavy atom. The van der Waals surface area contributed by atoms with Gasteiger partial charge in [-0.15, -0.1) is 0 Å². The molecule has 0 fully saturated rings. The molecule has 2 nitrogen and oxygen atoms in total. The Labute approximate surface area is 107 Å². The first kappa shape index (κ1) is 14.3. The van der Waals surface area contributed by atoms with Crippen molar-refractivity contribution in [3.8, 4) is 5.75 Å². The fourth-order valence-corrected chi connectivity index (χ4v) is 9.08. The van der Waals surface area contributed by atoms with Crippen molar-refractivity contribution < 1.29 is 9.53 Å². The van der Waals surface area contributed by atoms with E-state index < -0.39 is 13.3 Å². The fraction of sp³-hybridized carbons (Fsp3) is 0.500. The average molecular weight is 295 g/mol. The summed E-state index contributed by atoms with van der Waals surface area (Å²) in [5.41, 5.74) is 0.872. The van der Waals surface area contributed by atoms with Crippen LogP contribution in [0, 0.1) is 0 Å². The molecule has 0 aliphatic heterocycles. The maximum absolute atomic E-state index is 12.6. The molecule has 1 aromatic rings. The SMILES string of the molecule is C[CH2][Ge]([CH2]C)([CH2]C)[C](=O)c1ccc(OC)cc1. The van der Waals surface area contributed by atoms with E-state index in [1.165, 1.54) is 0 Å². The van der Waals surface area contributed by atoms with Crippen LogP contribution in [-0.4, -0.2) is 25.0 Å². The second-order valence-electron chi connectivity index (χ2n) is 4.40. The molecule has 0 radical (unpaired) electrons. The first-order valence-corrected chi connectivity index (χ1v) is 11.8. The van der Waals surface area contributed by atoms with E-state index in [1.54, 1.807) is 7.11 Å². The van der Waals surface area contributed by atoms with Crippen LogP contribution in [0.4, 0.5) is 0 Å². The molecule has 0 saturated heterocycles. The zero-order valence-electron chi connectivity index (χ0n) is 11.2. The minimum atomic E-state index is -2.32. The molecule has 1 aromatic carbocycles. The molecule has 94 valence electrons. The number of benzene rings is 1. The topological polar surface area (TPSA) is 26.3 Å². The maximum atomic E-state index is 12.6. The van der Waals surface area contributed by atoms with Crippen molar-refractivity contribution in [1.82, 2.24) is 0 Å². The zero-order valence-corrected chi connectivity index (χ0v) is 13.3. The average Bonchev–Trinajstić information content (AvgIpc) is 2.41. The van der Waals surface area contributed by atoms with Gasteiger partial charge in [-0.2, -0.15) is 0 Å². The molecule has 0 saturated carbocycles. The summed E-state index contributed by atoms with van der Waals surface area (Å²) in [4.78, 5) is 12.6. The summed E-state index contributed by atoms with van der Waals surface area (Å²) in [6, 6.07) is 7.56. The van der Waals surface area contributed by atoms with Crippen LogP contribution in [0.25, 0.3) is 0 Å². The first-order chi connectivity index (χ1) is 8.13. The molecule has 0 unspecified atom stereocenters. The van der Waals surface area contributed by atoms with Crippen molar-refractivity contribution in [1.29, 1.82) is 0 Å². The van der Waals surface area contributed by atoms with Gasteiger partial charge in [-0.1, -0.05) is 0 Å². The zero-order chi connectivity index (χ0) is 12.9.